The molecule has 1 heterocycles. The zero-order valence-corrected chi connectivity index (χ0v) is 17.1. The van der Waals surface area contributed by atoms with E-state index in [-0.39, 0.29) is 24.0 Å². The van der Waals surface area contributed by atoms with Crippen molar-refractivity contribution in [3.05, 3.63) is 48.8 Å². The molecule has 7 heteroatoms. The Hall–Kier alpha value is -1.90. The maximum Gasteiger partial charge on any atom is 0.191 e. The number of hydrogen-bond donors (Lipinski definition) is 2. The van der Waals surface area contributed by atoms with Crippen molar-refractivity contribution in [2.75, 3.05) is 33.4 Å². The van der Waals surface area contributed by atoms with Crippen molar-refractivity contribution in [3.63, 3.8) is 0 Å². The summed E-state index contributed by atoms with van der Waals surface area (Å²) in [6.07, 6.45) is 4.08. The van der Waals surface area contributed by atoms with Gasteiger partial charge in [0.2, 0.25) is 0 Å². The first-order valence-corrected chi connectivity index (χ1v) is 8.21. The summed E-state index contributed by atoms with van der Waals surface area (Å²) >= 11 is 0. The lowest BCUT2D eigenvalue weighted by molar-refractivity contribution is 0.319. The number of aromatic nitrogens is 1. The highest BCUT2D eigenvalue weighted by molar-refractivity contribution is 14.0. The average molecular weight is 458 g/mol. The molecular formula is C18H27IN4O2. The van der Waals surface area contributed by atoms with Crippen LogP contribution in [0.5, 0.6) is 11.5 Å². The summed E-state index contributed by atoms with van der Waals surface area (Å²) in [5.41, 5.74) is 0. The second-order valence-electron chi connectivity index (χ2n) is 5.14. The quantitative estimate of drug-likeness (QED) is 0.263. The van der Waals surface area contributed by atoms with Crippen LogP contribution in [0.15, 0.2) is 53.8 Å². The summed E-state index contributed by atoms with van der Waals surface area (Å²) in [4.78, 5) is 4.56. The summed E-state index contributed by atoms with van der Waals surface area (Å²) in [7, 11) is 1.65. The van der Waals surface area contributed by atoms with E-state index >= 15 is 0 Å². The molecule has 0 unspecified atom stereocenters. The molecule has 0 bridgehead atoms. The maximum absolute atomic E-state index is 5.71. The molecule has 0 aliphatic heterocycles. The van der Waals surface area contributed by atoms with E-state index < -0.39 is 0 Å². The third-order valence-corrected chi connectivity index (χ3v) is 3.34. The Morgan fingerprint density at radius 2 is 1.88 bits per heavy atom. The van der Waals surface area contributed by atoms with Gasteiger partial charge in [-0.2, -0.15) is 0 Å². The third-order valence-electron chi connectivity index (χ3n) is 3.34. The van der Waals surface area contributed by atoms with E-state index in [0.29, 0.717) is 13.2 Å². The predicted octanol–water partition coefficient (Wildman–Crippen LogP) is 2.75. The number of guanidine groups is 1. The van der Waals surface area contributed by atoms with Crippen LogP contribution in [-0.2, 0) is 6.54 Å². The maximum atomic E-state index is 5.71. The zero-order valence-electron chi connectivity index (χ0n) is 14.8. The van der Waals surface area contributed by atoms with Crippen molar-refractivity contribution in [2.24, 2.45) is 4.99 Å². The molecule has 1 aromatic carbocycles. The second kappa shape index (κ2) is 12.5. The van der Waals surface area contributed by atoms with E-state index in [1.165, 1.54) is 0 Å². The number of nitrogens with one attached hydrogen (secondary N) is 2. The Bertz CT molecular complexity index is 617. The molecule has 0 atom stereocenters. The first-order chi connectivity index (χ1) is 11.8. The van der Waals surface area contributed by atoms with E-state index in [1.807, 2.05) is 48.8 Å². The van der Waals surface area contributed by atoms with E-state index in [4.69, 9.17) is 9.47 Å². The number of ether oxygens (including phenoxy) is 2. The summed E-state index contributed by atoms with van der Waals surface area (Å²) in [6.45, 7) is 5.69. The smallest absolute Gasteiger partial charge is 0.191 e. The monoisotopic (exact) mass is 458 g/mol. The normalized spacial score (nSPS) is 10.7. The van der Waals surface area contributed by atoms with Crippen LogP contribution in [0.1, 0.15) is 6.92 Å². The Morgan fingerprint density at radius 3 is 2.60 bits per heavy atom. The Balaban J connectivity index is 0.00000312. The van der Waals surface area contributed by atoms with E-state index in [9.17, 15) is 0 Å². The first kappa shape index (κ1) is 21.1. The van der Waals surface area contributed by atoms with Crippen LogP contribution in [0.3, 0.4) is 0 Å². The van der Waals surface area contributed by atoms with Gasteiger partial charge in [0.1, 0.15) is 18.1 Å². The number of hydrogen-bond acceptors (Lipinski definition) is 3. The van der Waals surface area contributed by atoms with Gasteiger partial charge in [-0.05, 0) is 31.2 Å². The third kappa shape index (κ3) is 8.15. The minimum Gasteiger partial charge on any atom is -0.497 e. The van der Waals surface area contributed by atoms with Crippen molar-refractivity contribution in [3.8, 4) is 11.5 Å². The number of halogens is 1. The molecule has 0 aliphatic rings. The number of nitrogens with zero attached hydrogens (tertiary/aromatic N) is 2. The van der Waals surface area contributed by atoms with Gasteiger partial charge in [0, 0.05) is 31.5 Å². The number of benzene rings is 1. The van der Waals surface area contributed by atoms with Crippen molar-refractivity contribution in [2.45, 2.75) is 13.5 Å². The van der Waals surface area contributed by atoms with Crippen LogP contribution in [-0.4, -0.2) is 43.9 Å². The summed E-state index contributed by atoms with van der Waals surface area (Å²) < 4.78 is 13.0. The standard InChI is InChI=1S/C18H26N4O2.HI/c1-3-19-18(20-9-13-22-11-4-5-12-22)21-10-14-24-17-8-6-7-16(15-17)23-2;/h4-8,11-12,15H,3,9-10,13-14H2,1-2H3,(H2,19,20,21);1H. The van der Waals surface area contributed by atoms with Gasteiger partial charge in [-0.15, -0.1) is 24.0 Å². The van der Waals surface area contributed by atoms with Gasteiger partial charge >= 0.3 is 0 Å². The largest absolute Gasteiger partial charge is 0.497 e. The first-order valence-electron chi connectivity index (χ1n) is 8.21. The Morgan fingerprint density at radius 1 is 1.12 bits per heavy atom. The van der Waals surface area contributed by atoms with Crippen LogP contribution in [0.2, 0.25) is 0 Å². The highest BCUT2D eigenvalue weighted by Gasteiger charge is 1.99. The fourth-order valence-electron chi connectivity index (χ4n) is 2.17. The fourth-order valence-corrected chi connectivity index (χ4v) is 2.17. The van der Waals surface area contributed by atoms with Gasteiger partial charge in [-0.3, -0.25) is 4.99 Å². The molecule has 25 heavy (non-hydrogen) atoms. The van der Waals surface area contributed by atoms with E-state index in [1.54, 1.807) is 7.11 Å². The topological polar surface area (TPSA) is 59.8 Å². The molecule has 0 saturated heterocycles. The SMILES string of the molecule is CCNC(=NCCn1cccc1)NCCOc1cccc(OC)c1.I. The highest BCUT2D eigenvalue weighted by Crippen LogP contribution is 2.18. The highest BCUT2D eigenvalue weighted by atomic mass is 127. The van der Waals surface area contributed by atoms with Gasteiger partial charge in [-0.25, -0.2) is 0 Å². The predicted molar refractivity (Wildman–Crippen MR) is 112 cm³/mol. The molecule has 138 valence electrons. The molecule has 0 saturated carbocycles. The van der Waals surface area contributed by atoms with Gasteiger partial charge in [0.15, 0.2) is 5.96 Å². The van der Waals surface area contributed by atoms with Crippen molar-refractivity contribution < 1.29 is 9.47 Å². The lowest BCUT2D eigenvalue weighted by atomic mass is 10.3. The fraction of sp³-hybridized carbons (Fsp3) is 0.389. The van der Waals surface area contributed by atoms with Gasteiger partial charge in [0.05, 0.1) is 20.2 Å². The van der Waals surface area contributed by atoms with Gasteiger partial charge in [-0.1, -0.05) is 6.07 Å². The van der Waals surface area contributed by atoms with E-state index in [2.05, 4.69) is 27.1 Å². The minimum absolute atomic E-state index is 0. The number of rotatable bonds is 9. The lowest BCUT2D eigenvalue weighted by Crippen LogP contribution is -2.39. The molecule has 2 N–H and O–H groups in total. The summed E-state index contributed by atoms with van der Waals surface area (Å²) in [5.74, 6) is 2.39. The molecular weight excluding hydrogens is 431 g/mol. The van der Waals surface area contributed by atoms with Gasteiger partial charge in [0.25, 0.3) is 0 Å². The van der Waals surface area contributed by atoms with Crippen molar-refractivity contribution in [1.29, 1.82) is 0 Å². The molecule has 1 aromatic heterocycles. The van der Waals surface area contributed by atoms with Crippen LogP contribution in [0.4, 0.5) is 0 Å². The zero-order chi connectivity index (χ0) is 17.0. The van der Waals surface area contributed by atoms with Crippen molar-refractivity contribution in [1.82, 2.24) is 15.2 Å². The molecule has 0 fully saturated rings. The van der Waals surface area contributed by atoms with Gasteiger partial charge < -0.3 is 24.7 Å². The summed E-state index contributed by atoms with van der Waals surface area (Å²) in [5, 5.41) is 6.51. The average Bonchev–Trinajstić information content (AvgIpc) is 3.12. The number of methoxy groups -OCH3 is 1. The van der Waals surface area contributed by atoms with Crippen LogP contribution in [0.25, 0.3) is 0 Å². The van der Waals surface area contributed by atoms with Crippen molar-refractivity contribution >= 4 is 29.9 Å². The van der Waals surface area contributed by atoms with E-state index in [0.717, 1.165) is 37.1 Å². The molecule has 6 nitrogen and oxygen atoms in total. The molecule has 0 aliphatic carbocycles. The molecule has 0 amide bonds. The van der Waals surface area contributed by atoms with Crippen LogP contribution >= 0.6 is 24.0 Å². The summed E-state index contributed by atoms with van der Waals surface area (Å²) in [6, 6.07) is 11.6. The molecule has 0 spiro atoms. The molecule has 2 aromatic rings. The Labute approximate surface area is 166 Å². The number of aliphatic imine (C=N–C) groups is 1. The van der Waals surface area contributed by atoms with Crippen LogP contribution < -0.4 is 20.1 Å². The second-order valence-corrected chi connectivity index (χ2v) is 5.14. The Kier molecular flexibility index (Phi) is 10.5. The minimum atomic E-state index is 0. The molecule has 0 radical (unpaired) electrons. The lowest BCUT2D eigenvalue weighted by Gasteiger charge is -2.12. The molecule has 2 rings (SSSR count). The van der Waals surface area contributed by atoms with Crippen LogP contribution in [0, 0.1) is 0 Å².